The van der Waals surface area contributed by atoms with Crippen LogP contribution in [0.3, 0.4) is 0 Å². The first-order valence-corrected chi connectivity index (χ1v) is 6.86. The van der Waals surface area contributed by atoms with Crippen LogP contribution in [0.4, 0.5) is 13.2 Å². The van der Waals surface area contributed by atoms with E-state index in [9.17, 15) is 13.2 Å². The van der Waals surface area contributed by atoms with Crippen molar-refractivity contribution in [3.63, 3.8) is 0 Å². The molecular formula is C17H18F3N. The van der Waals surface area contributed by atoms with Gasteiger partial charge >= 0.3 is 0 Å². The van der Waals surface area contributed by atoms with E-state index in [0.29, 0.717) is 5.56 Å². The van der Waals surface area contributed by atoms with Gasteiger partial charge in [-0.05, 0) is 50.1 Å². The molecule has 112 valence electrons. The fourth-order valence-electron chi connectivity index (χ4n) is 2.36. The minimum atomic E-state index is -0.586. The molecule has 1 N–H and O–H groups in total. The molecule has 0 fully saturated rings. The van der Waals surface area contributed by atoms with Gasteiger partial charge in [0.15, 0.2) is 0 Å². The van der Waals surface area contributed by atoms with Gasteiger partial charge in [-0.3, -0.25) is 0 Å². The van der Waals surface area contributed by atoms with E-state index in [1.165, 1.54) is 24.3 Å². The molecule has 0 aromatic heterocycles. The molecule has 0 spiro atoms. The summed E-state index contributed by atoms with van der Waals surface area (Å²) in [6.07, 6.45) is 0. The van der Waals surface area contributed by atoms with Gasteiger partial charge in [0.1, 0.15) is 17.5 Å². The lowest BCUT2D eigenvalue weighted by atomic mass is 10.0. The first-order valence-electron chi connectivity index (χ1n) is 6.86. The fraction of sp³-hybridized carbons (Fsp3) is 0.294. The average molecular weight is 293 g/mol. The van der Waals surface area contributed by atoms with Gasteiger partial charge in [-0.2, -0.15) is 0 Å². The second-order valence-corrected chi connectivity index (χ2v) is 5.25. The Kier molecular flexibility index (Phi) is 4.68. The lowest BCUT2D eigenvalue weighted by Gasteiger charge is -2.22. The summed E-state index contributed by atoms with van der Waals surface area (Å²) in [6, 6.07) is 7.98. The summed E-state index contributed by atoms with van der Waals surface area (Å²) >= 11 is 0. The maximum absolute atomic E-state index is 13.7. The number of benzene rings is 2. The van der Waals surface area contributed by atoms with E-state index in [1.807, 2.05) is 6.92 Å². The molecule has 21 heavy (non-hydrogen) atoms. The van der Waals surface area contributed by atoms with Gasteiger partial charge in [-0.1, -0.05) is 18.2 Å². The quantitative estimate of drug-likeness (QED) is 0.852. The summed E-state index contributed by atoms with van der Waals surface area (Å²) in [6.45, 7) is 5.20. The van der Waals surface area contributed by atoms with Crippen molar-refractivity contribution in [3.05, 3.63) is 70.5 Å². The summed E-state index contributed by atoms with van der Waals surface area (Å²) in [5.74, 6) is -1.46. The van der Waals surface area contributed by atoms with Gasteiger partial charge in [0.05, 0.1) is 0 Å². The zero-order valence-corrected chi connectivity index (χ0v) is 12.3. The highest BCUT2D eigenvalue weighted by atomic mass is 19.1. The third-order valence-corrected chi connectivity index (χ3v) is 3.63. The van der Waals surface area contributed by atoms with Crippen molar-refractivity contribution >= 4 is 0 Å². The third-order valence-electron chi connectivity index (χ3n) is 3.63. The van der Waals surface area contributed by atoms with Crippen molar-refractivity contribution in [2.75, 3.05) is 0 Å². The molecule has 0 bridgehead atoms. The minimum absolute atomic E-state index is 0.00284. The van der Waals surface area contributed by atoms with E-state index in [-0.39, 0.29) is 17.4 Å². The maximum Gasteiger partial charge on any atom is 0.130 e. The molecule has 0 radical (unpaired) electrons. The first-order chi connectivity index (χ1) is 9.90. The predicted molar refractivity (Wildman–Crippen MR) is 77.5 cm³/mol. The van der Waals surface area contributed by atoms with E-state index in [4.69, 9.17) is 0 Å². The molecule has 0 aliphatic heterocycles. The molecule has 0 amide bonds. The van der Waals surface area contributed by atoms with Crippen LogP contribution in [0.15, 0.2) is 36.4 Å². The van der Waals surface area contributed by atoms with Crippen LogP contribution in [0, 0.1) is 24.4 Å². The number of hydrogen-bond donors (Lipinski definition) is 1. The van der Waals surface area contributed by atoms with Crippen molar-refractivity contribution in [3.8, 4) is 0 Å². The average Bonchev–Trinajstić information content (AvgIpc) is 2.41. The van der Waals surface area contributed by atoms with Crippen LogP contribution in [0.2, 0.25) is 0 Å². The monoisotopic (exact) mass is 293 g/mol. The van der Waals surface area contributed by atoms with Crippen LogP contribution in [0.25, 0.3) is 0 Å². The first kappa shape index (κ1) is 15.6. The predicted octanol–water partition coefficient (Wildman–Crippen LogP) is 4.82. The van der Waals surface area contributed by atoms with Crippen molar-refractivity contribution in [2.45, 2.75) is 32.9 Å². The zero-order chi connectivity index (χ0) is 15.6. The Morgan fingerprint density at radius 2 is 1.48 bits per heavy atom. The Morgan fingerprint density at radius 3 is 2.05 bits per heavy atom. The molecule has 2 aromatic carbocycles. The molecule has 0 aliphatic rings. The van der Waals surface area contributed by atoms with Crippen LogP contribution in [0.1, 0.15) is 42.6 Å². The number of aryl methyl sites for hydroxylation is 1. The van der Waals surface area contributed by atoms with E-state index in [2.05, 4.69) is 5.32 Å². The van der Waals surface area contributed by atoms with E-state index >= 15 is 0 Å². The topological polar surface area (TPSA) is 12.0 Å². The number of hydrogen-bond acceptors (Lipinski definition) is 1. The molecule has 2 unspecified atom stereocenters. The molecule has 0 saturated carbocycles. The minimum Gasteiger partial charge on any atom is -0.303 e. The fourth-order valence-corrected chi connectivity index (χ4v) is 2.36. The highest BCUT2D eigenvalue weighted by Crippen LogP contribution is 2.24. The molecule has 2 atom stereocenters. The molecule has 4 heteroatoms. The summed E-state index contributed by atoms with van der Waals surface area (Å²) in [5.41, 5.74) is 1.30. The van der Waals surface area contributed by atoms with Crippen molar-refractivity contribution in [2.24, 2.45) is 0 Å². The number of rotatable bonds is 4. The Labute approximate surface area is 122 Å². The maximum atomic E-state index is 13.7. The zero-order valence-electron chi connectivity index (χ0n) is 12.3. The smallest absolute Gasteiger partial charge is 0.130 e. The number of nitrogens with one attached hydrogen (secondary N) is 1. The Balaban J connectivity index is 2.18. The second kappa shape index (κ2) is 6.31. The lowest BCUT2D eigenvalue weighted by molar-refractivity contribution is 0.448. The summed E-state index contributed by atoms with van der Waals surface area (Å²) in [4.78, 5) is 0. The summed E-state index contributed by atoms with van der Waals surface area (Å²) in [7, 11) is 0. The van der Waals surface area contributed by atoms with Gasteiger partial charge in [0, 0.05) is 17.6 Å². The van der Waals surface area contributed by atoms with Crippen LogP contribution in [-0.4, -0.2) is 0 Å². The van der Waals surface area contributed by atoms with Gasteiger partial charge in [0.2, 0.25) is 0 Å². The Hall–Kier alpha value is -1.81. The van der Waals surface area contributed by atoms with Crippen molar-refractivity contribution in [1.82, 2.24) is 5.32 Å². The van der Waals surface area contributed by atoms with Crippen LogP contribution in [0.5, 0.6) is 0 Å². The molecule has 0 saturated heterocycles. The normalized spacial score (nSPS) is 14.0. The molecule has 1 nitrogen and oxygen atoms in total. The number of halogens is 3. The standard InChI is InChI=1S/C17H18F3N/c1-10-7-8-13(9-16(10)20)11(2)21-12(3)17-14(18)5-4-6-15(17)19/h4-9,11-12,21H,1-3H3. The highest BCUT2D eigenvalue weighted by molar-refractivity contribution is 5.27. The Morgan fingerprint density at radius 1 is 0.857 bits per heavy atom. The largest absolute Gasteiger partial charge is 0.303 e. The van der Waals surface area contributed by atoms with E-state index in [0.717, 1.165) is 5.56 Å². The SMILES string of the molecule is Cc1ccc(C(C)NC(C)c2c(F)cccc2F)cc1F. The van der Waals surface area contributed by atoms with Crippen LogP contribution in [-0.2, 0) is 0 Å². The summed E-state index contributed by atoms with van der Waals surface area (Å²) in [5, 5.41) is 3.09. The van der Waals surface area contributed by atoms with Crippen LogP contribution < -0.4 is 5.32 Å². The van der Waals surface area contributed by atoms with E-state index in [1.54, 1.807) is 26.0 Å². The second-order valence-electron chi connectivity index (χ2n) is 5.25. The van der Waals surface area contributed by atoms with Gasteiger partial charge in [0.25, 0.3) is 0 Å². The van der Waals surface area contributed by atoms with Gasteiger partial charge in [-0.25, -0.2) is 13.2 Å². The summed E-state index contributed by atoms with van der Waals surface area (Å²) < 4.78 is 41.0. The van der Waals surface area contributed by atoms with Gasteiger partial charge in [-0.15, -0.1) is 0 Å². The highest BCUT2D eigenvalue weighted by Gasteiger charge is 2.18. The van der Waals surface area contributed by atoms with Crippen molar-refractivity contribution in [1.29, 1.82) is 0 Å². The third kappa shape index (κ3) is 3.45. The molecule has 0 aliphatic carbocycles. The lowest BCUT2D eigenvalue weighted by Crippen LogP contribution is -2.24. The molecule has 2 rings (SSSR count). The Bertz CT molecular complexity index is 620. The van der Waals surface area contributed by atoms with Crippen LogP contribution >= 0.6 is 0 Å². The molecule has 2 aromatic rings. The molecule has 0 heterocycles. The molecular weight excluding hydrogens is 275 g/mol. The van der Waals surface area contributed by atoms with Crippen molar-refractivity contribution < 1.29 is 13.2 Å². The van der Waals surface area contributed by atoms with Gasteiger partial charge < -0.3 is 5.32 Å². The van der Waals surface area contributed by atoms with E-state index < -0.39 is 17.7 Å².